The standard InChI is InChI=1S/C60H46/c1-37(2)45-29-30-46(38(3)4)52-34-55-53(33-51(45)52)47-25-11-12-26-48(47)54-35-57-58(36-56(54)55)60(44-24-16-22-42(32-44)40-19-9-6-10-20-40)50-28-14-13-27-49(50)59(57)43-23-15-21-41(31-43)39-17-7-5-8-18-39/h5-38H,1-4H3. The summed E-state index contributed by atoms with van der Waals surface area (Å²) in [4.78, 5) is 0. The lowest BCUT2D eigenvalue weighted by Crippen LogP contribution is -1.97. The van der Waals surface area contributed by atoms with Crippen LogP contribution in [0, 0.1) is 0 Å². The van der Waals surface area contributed by atoms with Gasteiger partial charge in [0.2, 0.25) is 0 Å². The van der Waals surface area contributed by atoms with Gasteiger partial charge in [-0.25, -0.2) is 0 Å². The number of hydrogen-bond donors (Lipinski definition) is 0. The van der Waals surface area contributed by atoms with Gasteiger partial charge in [-0.2, -0.15) is 0 Å². The summed E-state index contributed by atoms with van der Waals surface area (Å²) in [7, 11) is 0. The molecule has 0 nitrogen and oxygen atoms in total. The molecule has 286 valence electrons. The van der Waals surface area contributed by atoms with Crippen LogP contribution in [0.2, 0.25) is 0 Å². The van der Waals surface area contributed by atoms with Crippen LogP contribution in [0.3, 0.4) is 0 Å². The molecule has 0 fully saturated rings. The van der Waals surface area contributed by atoms with Crippen molar-refractivity contribution < 1.29 is 0 Å². The minimum atomic E-state index is 0.405. The van der Waals surface area contributed by atoms with Gasteiger partial charge >= 0.3 is 0 Å². The molecule has 0 amide bonds. The van der Waals surface area contributed by atoms with Crippen molar-refractivity contribution in [1.82, 2.24) is 0 Å². The molecular weight excluding hydrogens is 721 g/mol. The molecule has 60 heavy (non-hydrogen) atoms. The van der Waals surface area contributed by atoms with Crippen LogP contribution in [0.15, 0.2) is 194 Å². The average molecular weight is 767 g/mol. The van der Waals surface area contributed by atoms with Gasteiger partial charge in [-0.15, -0.1) is 0 Å². The summed E-state index contributed by atoms with van der Waals surface area (Å²) in [6, 6.07) is 72.9. The SMILES string of the molecule is CC(C)c1ccc(C(C)C)c2cc3c(cc12)c1ccccc1c1cc2c(-c4cccc(-c5ccccc5)c4)c4ccccc4c(-c4cccc(-c5ccccc5)c4)c2cc31. The number of benzene rings is 11. The molecule has 0 spiro atoms. The lowest BCUT2D eigenvalue weighted by Gasteiger charge is -2.21. The quantitative estimate of drug-likeness (QED) is 0.117. The van der Waals surface area contributed by atoms with Crippen molar-refractivity contribution in [2.24, 2.45) is 0 Å². The first-order valence-electron chi connectivity index (χ1n) is 21.5. The number of hydrogen-bond acceptors (Lipinski definition) is 0. The second-order valence-corrected chi connectivity index (χ2v) is 17.2. The second kappa shape index (κ2) is 14.4. The zero-order chi connectivity index (χ0) is 40.5. The van der Waals surface area contributed by atoms with Crippen LogP contribution < -0.4 is 0 Å². The Morgan fingerprint density at radius 1 is 0.217 bits per heavy atom. The average Bonchev–Trinajstić information content (AvgIpc) is 3.30. The summed E-state index contributed by atoms with van der Waals surface area (Å²) in [6.07, 6.45) is 0. The first-order valence-corrected chi connectivity index (χ1v) is 21.5. The van der Waals surface area contributed by atoms with E-state index < -0.39 is 0 Å². The normalized spacial score (nSPS) is 12.0. The van der Waals surface area contributed by atoms with E-state index in [2.05, 4.69) is 222 Å². The molecule has 0 bridgehead atoms. The van der Waals surface area contributed by atoms with Crippen molar-refractivity contribution in [1.29, 1.82) is 0 Å². The van der Waals surface area contributed by atoms with Gasteiger partial charge in [-0.05, 0) is 169 Å². The van der Waals surface area contributed by atoms with E-state index in [0.717, 1.165) is 0 Å². The molecule has 0 aliphatic rings. The van der Waals surface area contributed by atoms with E-state index in [1.165, 1.54) is 120 Å². The van der Waals surface area contributed by atoms with Gasteiger partial charge in [0.15, 0.2) is 0 Å². The molecule has 0 aliphatic carbocycles. The molecule has 0 heterocycles. The number of fused-ring (bicyclic) bond motifs is 9. The van der Waals surface area contributed by atoms with Gasteiger partial charge < -0.3 is 0 Å². The third-order valence-electron chi connectivity index (χ3n) is 12.9. The minimum absolute atomic E-state index is 0.405. The van der Waals surface area contributed by atoms with Gasteiger partial charge in [0, 0.05) is 0 Å². The van der Waals surface area contributed by atoms with E-state index in [-0.39, 0.29) is 0 Å². The Morgan fingerprint density at radius 2 is 0.533 bits per heavy atom. The topological polar surface area (TPSA) is 0 Å². The summed E-state index contributed by atoms with van der Waals surface area (Å²) in [5, 5.41) is 15.6. The van der Waals surface area contributed by atoms with E-state index in [0.29, 0.717) is 11.8 Å². The summed E-state index contributed by atoms with van der Waals surface area (Å²) in [6.45, 7) is 9.30. The Kier molecular flexibility index (Phi) is 8.64. The predicted octanol–water partition coefficient (Wildman–Crippen LogP) is 17.5. The fourth-order valence-electron chi connectivity index (χ4n) is 10.1. The van der Waals surface area contributed by atoms with Crippen molar-refractivity contribution >= 4 is 64.6 Å². The highest BCUT2D eigenvalue weighted by molar-refractivity contribution is 6.32. The van der Waals surface area contributed by atoms with Gasteiger partial charge in [-0.1, -0.05) is 185 Å². The molecule has 0 atom stereocenters. The summed E-state index contributed by atoms with van der Waals surface area (Å²) in [5.41, 5.74) is 12.7. The van der Waals surface area contributed by atoms with Crippen molar-refractivity contribution in [3.63, 3.8) is 0 Å². The second-order valence-electron chi connectivity index (χ2n) is 17.2. The van der Waals surface area contributed by atoms with Crippen LogP contribution in [0.25, 0.3) is 109 Å². The molecule has 11 rings (SSSR count). The van der Waals surface area contributed by atoms with Crippen LogP contribution in [0.5, 0.6) is 0 Å². The molecule has 11 aromatic carbocycles. The molecule has 0 unspecified atom stereocenters. The van der Waals surface area contributed by atoms with E-state index in [1.807, 2.05) is 0 Å². The minimum Gasteiger partial charge on any atom is -0.0622 e. The molecule has 0 heteroatoms. The molecule has 0 radical (unpaired) electrons. The number of rotatable bonds is 6. The van der Waals surface area contributed by atoms with Crippen LogP contribution >= 0.6 is 0 Å². The Balaban J connectivity index is 1.33. The highest BCUT2D eigenvalue weighted by Gasteiger charge is 2.21. The molecule has 0 aromatic heterocycles. The van der Waals surface area contributed by atoms with Crippen molar-refractivity contribution in [3.05, 3.63) is 205 Å². The maximum atomic E-state index is 2.55. The Morgan fingerprint density at radius 3 is 0.933 bits per heavy atom. The molecule has 0 aliphatic heterocycles. The first kappa shape index (κ1) is 36.1. The summed E-state index contributed by atoms with van der Waals surface area (Å²) >= 11 is 0. The maximum absolute atomic E-state index is 2.55. The monoisotopic (exact) mass is 766 g/mol. The van der Waals surface area contributed by atoms with Crippen molar-refractivity contribution in [3.8, 4) is 44.5 Å². The van der Waals surface area contributed by atoms with Gasteiger partial charge in [-0.3, -0.25) is 0 Å². The Bertz CT molecular complexity index is 3460. The molecule has 0 saturated carbocycles. The van der Waals surface area contributed by atoms with E-state index in [1.54, 1.807) is 0 Å². The van der Waals surface area contributed by atoms with E-state index >= 15 is 0 Å². The first-order chi connectivity index (χ1) is 29.4. The molecular formula is C60H46. The highest BCUT2D eigenvalue weighted by Crippen LogP contribution is 2.49. The predicted molar refractivity (Wildman–Crippen MR) is 261 cm³/mol. The lowest BCUT2D eigenvalue weighted by molar-refractivity contribution is 0.859. The van der Waals surface area contributed by atoms with Crippen molar-refractivity contribution in [2.45, 2.75) is 39.5 Å². The zero-order valence-electron chi connectivity index (χ0n) is 34.6. The van der Waals surface area contributed by atoms with Gasteiger partial charge in [0.25, 0.3) is 0 Å². The smallest absolute Gasteiger partial charge is 0.00259 e. The maximum Gasteiger partial charge on any atom is -0.00259 e. The van der Waals surface area contributed by atoms with Crippen LogP contribution in [-0.2, 0) is 0 Å². The van der Waals surface area contributed by atoms with Crippen LogP contribution in [-0.4, -0.2) is 0 Å². The Hall–Kier alpha value is -7.02. The van der Waals surface area contributed by atoms with Crippen molar-refractivity contribution in [2.75, 3.05) is 0 Å². The van der Waals surface area contributed by atoms with E-state index in [9.17, 15) is 0 Å². The Labute approximate surface area is 352 Å². The summed E-state index contributed by atoms with van der Waals surface area (Å²) < 4.78 is 0. The molecule has 11 aromatic rings. The van der Waals surface area contributed by atoms with Crippen LogP contribution in [0.1, 0.15) is 50.7 Å². The fraction of sp³-hybridized carbons (Fsp3) is 0.100. The molecule has 0 N–H and O–H groups in total. The van der Waals surface area contributed by atoms with Gasteiger partial charge in [0.05, 0.1) is 0 Å². The lowest BCUT2D eigenvalue weighted by atomic mass is 9.82. The zero-order valence-corrected chi connectivity index (χ0v) is 34.6. The fourth-order valence-corrected chi connectivity index (χ4v) is 10.1. The summed E-state index contributed by atoms with van der Waals surface area (Å²) in [5.74, 6) is 0.825. The largest absolute Gasteiger partial charge is 0.0622 e. The third kappa shape index (κ3) is 5.82. The highest BCUT2D eigenvalue weighted by atomic mass is 14.2. The van der Waals surface area contributed by atoms with E-state index in [4.69, 9.17) is 0 Å². The third-order valence-corrected chi connectivity index (χ3v) is 12.9. The van der Waals surface area contributed by atoms with Gasteiger partial charge in [0.1, 0.15) is 0 Å². The van der Waals surface area contributed by atoms with Crippen LogP contribution in [0.4, 0.5) is 0 Å². The molecule has 0 saturated heterocycles.